The van der Waals surface area contributed by atoms with Gasteiger partial charge in [-0.15, -0.1) is 0 Å². The molecule has 0 unspecified atom stereocenters. The minimum atomic E-state index is -0.486. The van der Waals surface area contributed by atoms with Crippen molar-refractivity contribution < 1.29 is 14.3 Å². The molecule has 3 rings (SSSR count). The zero-order valence-electron chi connectivity index (χ0n) is 16.2. The zero-order valence-corrected chi connectivity index (χ0v) is 16.2. The molecule has 28 heavy (non-hydrogen) atoms. The highest BCUT2D eigenvalue weighted by atomic mass is 16.6. The maximum absolute atomic E-state index is 12.3. The van der Waals surface area contributed by atoms with Gasteiger partial charge in [-0.05, 0) is 36.6 Å². The number of para-hydroxylation sites is 2. The summed E-state index contributed by atoms with van der Waals surface area (Å²) in [6, 6.07) is 17.6. The normalized spacial score (nSPS) is 10.5. The average Bonchev–Trinajstić information content (AvgIpc) is 3.11. The van der Waals surface area contributed by atoms with Gasteiger partial charge >= 0.3 is 6.09 Å². The van der Waals surface area contributed by atoms with Crippen LogP contribution < -0.4 is 14.8 Å². The topological polar surface area (TPSA) is 65.4 Å². The Labute approximate surface area is 165 Å². The Bertz CT molecular complexity index is 906. The molecule has 0 bridgehead atoms. The summed E-state index contributed by atoms with van der Waals surface area (Å²) in [6.07, 6.45) is 3.45. The predicted molar refractivity (Wildman–Crippen MR) is 108 cm³/mol. The van der Waals surface area contributed by atoms with Gasteiger partial charge in [-0.2, -0.15) is 5.10 Å². The van der Waals surface area contributed by atoms with Crippen LogP contribution in [0.15, 0.2) is 60.8 Å². The Hall–Kier alpha value is -3.28. The van der Waals surface area contributed by atoms with Crippen LogP contribution in [0.4, 0.5) is 4.79 Å². The smallest absolute Gasteiger partial charge is 0.412 e. The van der Waals surface area contributed by atoms with Gasteiger partial charge in [0, 0.05) is 6.54 Å². The third kappa shape index (κ3) is 4.71. The van der Waals surface area contributed by atoms with Crippen LogP contribution in [0, 0.1) is 0 Å². The van der Waals surface area contributed by atoms with E-state index in [0.29, 0.717) is 18.7 Å². The molecule has 0 saturated heterocycles. The molecule has 6 nitrogen and oxygen atoms in total. The SMILES string of the molecule is CCCc1c(OC(=O)NCCc2ccccc2OC)cnn1-c1ccccc1. The molecular weight excluding hydrogens is 354 g/mol. The van der Waals surface area contributed by atoms with Crippen LogP contribution in [0.25, 0.3) is 5.69 Å². The minimum absolute atomic E-state index is 0.454. The molecule has 146 valence electrons. The summed E-state index contributed by atoms with van der Waals surface area (Å²) in [5, 5.41) is 7.20. The number of hydrogen-bond donors (Lipinski definition) is 1. The van der Waals surface area contributed by atoms with Crippen molar-refractivity contribution in [3.05, 3.63) is 72.1 Å². The summed E-state index contributed by atoms with van der Waals surface area (Å²) in [5.74, 6) is 1.30. The lowest BCUT2D eigenvalue weighted by Gasteiger charge is -2.11. The summed E-state index contributed by atoms with van der Waals surface area (Å²) in [5.41, 5.74) is 2.86. The first kappa shape index (κ1) is 19.5. The van der Waals surface area contributed by atoms with Crippen molar-refractivity contribution in [2.24, 2.45) is 0 Å². The van der Waals surface area contributed by atoms with Crippen LogP contribution in [-0.2, 0) is 12.8 Å². The van der Waals surface area contributed by atoms with Crippen molar-refractivity contribution in [1.82, 2.24) is 15.1 Å². The zero-order chi connectivity index (χ0) is 19.8. The molecule has 6 heteroatoms. The van der Waals surface area contributed by atoms with Gasteiger partial charge in [0.05, 0.1) is 24.7 Å². The van der Waals surface area contributed by atoms with Crippen LogP contribution >= 0.6 is 0 Å². The Kier molecular flexibility index (Phi) is 6.68. The summed E-state index contributed by atoms with van der Waals surface area (Å²) in [7, 11) is 1.64. The van der Waals surface area contributed by atoms with Crippen molar-refractivity contribution in [2.75, 3.05) is 13.7 Å². The number of carbonyl (C=O) groups excluding carboxylic acids is 1. The summed E-state index contributed by atoms with van der Waals surface area (Å²) in [4.78, 5) is 12.3. The number of hydrogen-bond acceptors (Lipinski definition) is 4. The van der Waals surface area contributed by atoms with Crippen LogP contribution in [0.3, 0.4) is 0 Å². The Morgan fingerprint density at radius 3 is 2.54 bits per heavy atom. The van der Waals surface area contributed by atoms with Crippen LogP contribution in [0.5, 0.6) is 11.5 Å². The molecule has 0 spiro atoms. The number of methoxy groups -OCH3 is 1. The number of nitrogens with one attached hydrogen (secondary N) is 1. The van der Waals surface area contributed by atoms with Gasteiger partial charge in [0.15, 0.2) is 5.75 Å². The van der Waals surface area contributed by atoms with E-state index < -0.39 is 6.09 Å². The van der Waals surface area contributed by atoms with E-state index in [1.165, 1.54) is 0 Å². The number of amides is 1. The lowest BCUT2D eigenvalue weighted by Crippen LogP contribution is -2.29. The molecule has 0 fully saturated rings. The quantitative estimate of drug-likeness (QED) is 0.638. The number of nitrogens with zero attached hydrogens (tertiary/aromatic N) is 2. The fourth-order valence-corrected chi connectivity index (χ4v) is 3.05. The second kappa shape index (κ2) is 9.60. The van der Waals surface area contributed by atoms with E-state index in [-0.39, 0.29) is 0 Å². The molecule has 0 aliphatic rings. The maximum atomic E-state index is 12.3. The van der Waals surface area contributed by atoms with E-state index >= 15 is 0 Å². The van der Waals surface area contributed by atoms with E-state index in [1.807, 2.05) is 59.3 Å². The molecule has 0 radical (unpaired) electrons. The van der Waals surface area contributed by atoms with Crippen molar-refractivity contribution in [2.45, 2.75) is 26.2 Å². The van der Waals surface area contributed by atoms with E-state index in [9.17, 15) is 4.79 Å². The predicted octanol–water partition coefficient (Wildman–Crippen LogP) is 4.16. The molecule has 3 aromatic rings. The number of aromatic nitrogens is 2. The van der Waals surface area contributed by atoms with E-state index in [1.54, 1.807) is 13.3 Å². The third-order valence-corrected chi connectivity index (χ3v) is 4.38. The van der Waals surface area contributed by atoms with Gasteiger partial charge in [0.2, 0.25) is 0 Å². The van der Waals surface area contributed by atoms with E-state index in [4.69, 9.17) is 9.47 Å². The number of carbonyl (C=O) groups is 1. The van der Waals surface area contributed by atoms with Gasteiger partial charge in [0.25, 0.3) is 0 Å². The highest BCUT2D eigenvalue weighted by Gasteiger charge is 2.16. The summed E-state index contributed by atoms with van der Waals surface area (Å²) < 4.78 is 12.7. The van der Waals surface area contributed by atoms with Crippen LogP contribution in [0.1, 0.15) is 24.6 Å². The Morgan fingerprint density at radius 2 is 1.79 bits per heavy atom. The molecule has 1 heterocycles. The van der Waals surface area contributed by atoms with Gasteiger partial charge < -0.3 is 14.8 Å². The first-order valence-corrected chi connectivity index (χ1v) is 9.42. The number of benzene rings is 2. The molecule has 1 amide bonds. The molecule has 0 saturated carbocycles. The maximum Gasteiger partial charge on any atom is 0.412 e. The fourth-order valence-electron chi connectivity index (χ4n) is 3.05. The summed E-state index contributed by atoms with van der Waals surface area (Å²) >= 11 is 0. The van der Waals surface area contributed by atoms with Gasteiger partial charge in [-0.25, -0.2) is 9.48 Å². The first-order valence-electron chi connectivity index (χ1n) is 9.42. The standard InChI is InChI=1S/C22H25N3O3/c1-3-9-19-21(16-24-25(19)18-11-5-4-6-12-18)28-22(26)23-15-14-17-10-7-8-13-20(17)27-2/h4-8,10-13,16H,3,9,14-15H2,1-2H3,(H,23,26). The fraction of sp³-hybridized carbons (Fsp3) is 0.273. The first-order chi connectivity index (χ1) is 13.7. The van der Waals surface area contributed by atoms with Crippen LogP contribution in [-0.4, -0.2) is 29.5 Å². The Morgan fingerprint density at radius 1 is 1.04 bits per heavy atom. The Balaban J connectivity index is 1.63. The highest BCUT2D eigenvalue weighted by molar-refractivity contribution is 5.70. The van der Waals surface area contributed by atoms with Crippen molar-refractivity contribution >= 4 is 6.09 Å². The molecule has 1 N–H and O–H groups in total. The van der Waals surface area contributed by atoms with Gasteiger partial charge in [-0.3, -0.25) is 0 Å². The molecule has 1 aromatic heterocycles. The molecule has 0 aliphatic carbocycles. The summed E-state index contributed by atoms with van der Waals surface area (Å²) in [6.45, 7) is 2.54. The van der Waals surface area contributed by atoms with Crippen molar-refractivity contribution in [3.8, 4) is 17.2 Å². The lowest BCUT2D eigenvalue weighted by molar-refractivity contribution is 0.200. The van der Waals surface area contributed by atoms with E-state index in [2.05, 4.69) is 17.3 Å². The molecule has 0 atom stereocenters. The average molecular weight is 379 g/mol. The molecule has 2 aromatic carbocycles. The molecule has 0 aliphatic heterocycles. The minimum Gasteiger partial charge on any atom is -0.496 e. The van der Waals surface area contributed by atoms with E-state index in [0.717, 1.165) is 35.5 Å². The van der Waals surface area contributed by atoms with Crippen molar-refractivity contribution in [3.63, 3.8) is 0 Å². The van der Waals surface area contributed by atoms with Crippen molar-refractivity contribution in [1.29, 1.82) is 0 Å². The molecular formula is C22H25N3O3. The number of rotatable bonds is 8. The largest absolute Gasteiger partial charge is 0.496 e. The second-order valence-corrected chi connectivity index (χ2v) is 6.33. The lowest BCUT2D eigenvalue weighted by atomic mass is 10.1. The third-order valence-electron chi connectivity index (χ3n) is 4.38. The monoisotopic (exact) mass is 379 g/mol. The second-order valence-electron chi connectivity index (χ2n) is 6.33. The highest BCUT2D eigenvalue weighted by Crippen LogP contribution is 2.23. The van der Waals surface area contributed by atoms with Crippen LogP contribution in [0.2, 0.25) is 0 Å². The van der Waals surface area contributed by atoms with Gasteiger partial charge in [0.1, 0.15) is 5.75 Å². The number of ether oxygens (including phenoxy) is 2. The van der Waals surface area contributed by atoms with Gasteiger partial charge in [-0.1, -0.05) is 49.7 Å².